The minimum Gasteiger partial charge on any atom is -0.472 e. The van der Waals surface area contributed by atoms with Crippen molar-refractivity contribution in [1.29, 1.82) is 0 Å². The Morgan fingerprint density at radius 3 is 2.88 bits per heavy atom. The Morgan fingerprint density at radius 2 is 2.41 bits per heavy atom. The number of hydrogen-bond donors (Lipinski definition) is 2. The summed E-state index contributed by atoms with van der Waals surface area (Å²) in [6.07, 6.45) is 4.08. The average molecular weight is 299 g/mol. The minimum atomic E-state index is 0.0137. The van der Waals surface area contributed by atoms with Gasteiger partial charge in [-0.3, -0.25) is 16.0 Å². The van der Waals surface area contributed by atoms with E-state index in [9.17, 15) is 0 Å². The molecule has 2 heterocycles. The number of nitrogens with zero attached hydrogens (tertiary/aromatic N) is 2. The Bertz CT molecular complexity index is 492. The van der Waals surface area contributed by atoms with Crippen molar-refractivity contribution in [1.82, 2.24) is 15.2 Å². The van der Waals surface area contributed by atoms with Crippen molar-refractivity contribution < 1.29 is 4.42 Å². The van der Waals surface area contributed by atoms with Crippen molar-refractivity contribution in [3.63, 3.8) is 0 Å². The summed E-state index contributed by atoms with van der Waals surface area (Å²) >= 11 is 3.55. The second-order valence-corrected chi connectivity index (χ2v) is 4.74. The Kier molecular flexibility index (Phi) is 3.66. The highest BCUT2D eigenvalue weighted by molar-refractivity contribution is 9.10. The molecule has 0 bridgehead atoms. The molecule has 0 saturated heterocycles. The van der Waals surface area contributed by atoms with Crippen LogP contribution in [0.5, 0.6) is 0 Å². The van der Waals surface area contributed by atoms with Gasteiger partial charge in [0.05, 0.1) is 34.4 Å². The molecule has 1 unspecified atom stereocenters. The van der Waals surface area contributed by atoms with E-state index in [1.54, 1.807) is 12.5 Å². The monoisotopic (exact) mass is 298 g/mol. The fourth-order valence-electron chi connectivity index (χ4n) is 1.84. The molecule has 0 aliphatic heterocycles. The fourth-order valence-corrected chi connectivity index (χ4v) is 2.34. The maximum Gasteiger partial charge on any atom is 0.0951 e. The van der Waals surface area contributed by atoms with Crippen molar-refractivity contribution >= 4 is 15.9 Å². The highest BCUT2D eigenvalue weighted by atomic mass is 79.9. The van der Waals surface area contributed by atoms with Crippen LogP contribution in [-0.4, -0.2) is 9.78 Å². The number of rotatable bonds is 4. The van der Waals surface area contributed by atoms with E-state index in [0.717, 1.165) is 27.8 Å². The van der Waals surface area contributed by atoms with E-state index in [0.29, 0.717) is 0 Å². The topological polar surface area (TPSA) is 69.0 Å². The van der Waals surface area contributed by atoms with Gasteiger partial charge in [0.15, 0.2) is 0 Å². The van der Waals surface area contributed by atoms with Gasteiger partial charge >= 0.3 is 0 Å². The lowest BCUT2D eigenvalue weighted by Crippen LogP contribution is -2.29. The Hall–Kier alpha value is -1.11. The molecular formula is C11H15BrN4O. The molecule has 1 atom stereocenters. The van der Waals surface area contributed by atoms with Crippen LogP contribution in [0.25, 0.3) is 0 Å². The molecule has 5 nitrogen and oxygen atoms in total. The van der Waals surface area contributed by atoms with Gasteiger partial charge in [-0.15, -0.1) is 0 Å². The van der Waals surface area contributed by atoms with Crippen molar-refractivity contribution in [2.24, 2.45) is 12.9 Å². The molecule has 0 aromatic carbocycles. The van der Waals surface area contributed by atoms with Crippen LogP contribution in [0.1, 0.15) is 23.0 Å². The third kappa shape index (κ3) is 2.43. The summed E-state index contributed by atoms with van der Waals surface area (Å²) in [5.41, 5.74) is 5.90. The fraction of sp³-hybridized carbons (Fsp3) is 0.364. The van der Waals surface area contributed by atoms with Gasteiger partial charge in [0.1, 0.15) is 0 Å². The summed E-state index contributed by atoms with van der Waals surface area (Å²) < 4.78 is 7.97. The molecule has 2 rings (SSSR count). The van der Waals surface area contributed by atoms with E-state index in [-0.39, 0.29) is 6.04 Å². The third-order valence-electron chi connectivity index (χ3n) is 2.81. The van der Waals surface area contributed by atoms with E-state index in [1.165, 1.54) is 0 Å². The van der Waals surface area contributed by atoms with Gasteiger partial charge in [-0.1, -0.05) is 0 Å². The van der Waals surface area contributed by atoms with E-state index >= 15 is 0 Å². The number of nitrogens with one attached hydrogen (secondary N) is 1. The molecular weight excluding hydrogens is 284 g/mol. The second-order valence-electron chi connectivity index (χ2n) is 3.95. The largest absolute Gasteiger partial charge is 0.472 e. The predicted octanol–water partition coefficient (Wildman–Crippen LogP) is 1.83. The number of furan rings is 1. The van der Waals surface area contributed by atoms with Crippen molar-refractivity contribution in [3.05, 3.63) is 40.0 Å². The van der Waals surface area contributed by atoms with Gasteiger partial charge in [-0.25, -0.2) is 0 Å². The second kappa shape index (κ2) is 5.03. The van der Waals surface area contributed by atoms with Gasteiger partial charge in [0.2, 0.25) is 0 Å². The van der Waals surface area contributed by atoms with Gasteiger partial charge in [-0.05, 0) is 28.9 Å². The molecule has 0 amide bonds. The number of aromatic nitrogens is 2. The van der Waals surface area contributed by atoms with Crippen molar-refractivity contribution in [2.75, 3.05) is 0 Å². The number of nitrogens with two attached hydrogens (primary N) is 1. The van der Waals surface area contributed by atoms with Gasteiger partial charge in [-0.2, -0.15) is 5.10 Å². The van der Waals surface area contributed by atoms with Gasteiger partial charge in [0.25, 0.3) is 0 Å². The Balaban J connectivity index is 2.24. The zero-order valence-electron chi connectivity index (χ0n) is 9.77. The molecule has 6 heteroatoms. The molecule has 92 valence electrons. The molecule has 0 saturated carbocycles. The van der Waals surface area contributed by atoms with Crippen LogP contribution in [0.2, 0.25) is 0 Å². The van der Waals surface area contributed by atoms with Crippen LogP contribution in [0.4, 0.5) is 0 Å². The molecule has 2 aromatic rings. The highest BCUT2D eigenvalue weighted by Gasteiger charge is 2.17. The molecule has 0 aliphatic carbocycles. The summed E-state index contributed by atoms with van der Waals surface area (Å²) in [6, 6.07) is 1.92. The third-order valence-corrected chi connectivity index (χ3v) is 3.84. The molecule has 0 spiro atoms. The number of halogens is 1. The van der Waals surface area contributed by atoms with Crippen LogP contribution in [0, 0.1) is 6.92 Å². The first kappa shape index (κ1) is 12.3. The van der Waals surface area contributed by atoms with Crippen LogP contribution in [0.3, 0.4) is 0 Å². The first-order chi connectivity index (χ1) is 8.13. The zero-order chi connectivity index (χ0) is 12.4. The quantitative estimate of drug-likeness (QED) is 0.667. The zero-order valence-corrected chi connectivity index (χ0v) is 11.4. The van der Waals surface area contributed by atoms with Crippen LogP contribution < -0.4 is 11.3 Å². The number of hydrogen-bond acceptors (Lipinski definition) is 4. The minimum absolute atomic E-state index is 0.0137. The smallest absolute Gasteiger partial charge is 0.0951 e. The molecule has 17 heavy (non-hydrogen) atoms. The first-order valence-corrected chi connectivity index (χ1v) is 6.09. The van der Waals surface area contributed by atoms with E-state index in [4.69, 9.17) is 10.3 Å². The van der Waals surface area contributed by atoms with Crippen molar-refractivity contribution in [2.45, 2.75) is 19.4 Å². The lowest BCUT2D eigenvalue weighted by atomic mass is 10.1. The maximum atomic E-state index is 5.58. The molecule has 0 radical (unpaired) electrons. The normalized spacial score (nSPS) is 12.9. The first-order valence-electron chi connectivity index (χ1n) is 5.29. The summed E-state index contributed by atoms with van der Waals surface area (Å²) in [6.45, 7) is 1.97. The molecule has 2 aromatic heterocycles. The summed E-state index contributed by atoms with van der Waals surface area (Å²) in [5, 5.41) is 4.36. The van der Waals surface area contributed by atoms with E-state index in [1.807, 2.05) is 24.7 Å². The summed E-state index contributed by atoms with van der Waals surface area (Å²) in [5.74, 6) is 5.58. The van der Waals surface area contributed by atoms with Crippen LogP contribution in [0.15, 0.2) is 27.5 Å². The lowest BCUT2D eigenvalue weighted by molar-refractivity contribution is 0.512. The summed E-state index contributed by atoms with van der Waals surface area (Å²) in [4.78, 5) is 0. The molecule has 0 fully saturated rings. The lowest BCUT2D eigenvalue weighted by Gasteiger charge is -2.14. The molecule has 0 aliphatic rings. The predicted molar refractivity (Wildman–Crippen MR) is 68.1 cm³/mol. The Morgan fingerprint density at radius 1 is 1.65 bits per heavy atom. The standard InChI is InChI=1S/C11H15BrN4O/c1-7-11(12)10(16(2)15-7)5-9(14-13)8-3-4-17-6-8/h3-4,6,9,14H,5,13H2,1-2H3. The molecule has 3 N–H and O–H groups in total. The van der Waals surface area contributed by atoms with E-state index in [2.05, 4.69) is 26.5 Å². The summed E-state index contributed by atoms with van der Waals surface area (Å²) in [7, 11) is 1.93. The van der Waals surface area contributed by atoms with Crippen molar-refractivity contribution in [3.8, 4) is 0 Å². The van der Waals surface area contributed by atoms with E-state index < -0.39 is 0 Å². The maximum absolute atomic E-state index is 5.58. The van der Waals surface area contributed by atoms with Gasteiger partial charge in [0, 0.05) is 19.0 Å². The average Bonchev–Trinajstić information content (AvgIpc) is 2.89. The van der Waals surface area contributed by atoms with Gasteiger partial charge < -0.3 is 4.42 Å². The highest BCUT2D eigenvalue weighted by Crippen LogP contribution is 2.25. The SMILES string of the molecule is Cc1nn(C)c(CC(NN)c2ccoc2)c1Br. The number of hydrazine groups is 1. The van der Waals surface area contributed by atoms with Crippen LogP contribution in [-0.2, 0) is 13.5 Å². The number of aryl methyl sites for hydroxylation is 2. The Labute approximate surface area is 108 Å². The van der Waals surface area contributed by atoms with Crippen LogP contribution >= 0.6 is 15.9 Å².